The van der Waals surface area contributed by atoms with E-state index in [2.05, 4.69) is 32.0 Å². The first-order chi connectivity index (χ1) is 16.6. The number of hydrogen-bond donors (Lipinski definition) is 1. The number of hydrogen-bond acceptors (Lipinski definition) is 6. The van der Waals surface area contributed by atoms with E-state index >= 15 is 0 Å². The van der Waals surface area contributed by atoms with Crippen molar-refractivity contribution in [1.82, 2.24) is 19.7 Å². The van der Waals surface area contributed by atoms with E-state index in [1.807, 2.05) is 73.7 Å². The van der Waals surface area contributed by atoms with Crippen LogP contribution in [0.2, 0.25) is 0 Å². The number of nitrogens with one attached hydrogen (secondary N) is 1. The molecule has 0 bridgehead atoms. The third-order valence-electron chi connectivity index (χ3n) is 5.12. The van der Waals surface area contributed by atoms with E-state index in [1.165, 1.54) is 11.8 Å². The molecule has 0 saturated carbocycles. The lowest BCUT2D eigenvalue weighted by molar-refractivity contribution is -0.115. The number of rotatable bonds is 10. The number of benzene rings is 2. The lowest BCUT2D eigenvalue weighted by Crippen LogP contribution is -2.23. The molecule has 0 aliphatic carbocycles. The maximum atomic E-state index is 12.8. The largest absolute Gasteiger partial charge is 0.489 e. The predicted octanol–water partition coefficient (Wildman–Crippen LogP) is 5.45. The highest BCUT2D eigenvalue weighted by Gasteiger charge is 2.20. The molecule has 174 valence electrons. The monoisotopic (exact) mass is 473 g/mol. The second kappa shape index (κ2) is 11.5. The van der Waals surface area contributed by atoms with Crippen LogP contribution in [0.4, 0.5) is 5.69 Å². The molecule has 0 spiro atoms. The number of ether oxygens (including phenoxy) is 1. The Hall–Kier alpha value is -3.65. The SMILES string of the molecule is CCCn1c(SC(C)C(=O)Nc2ccc(OCc3ccccc3)cc2)nnc1-c1ccncc1. The normalized spacial score (nSPS) is 11.7. The molecule has 0 fully saturated rings. The molecule has 2 aromatic heterocycles. The van der Waals surface area contributed by atoms with E-state index in [4.69, 9.17) is 4.74 Å². The Morgan fingerprint density at radius 1 is 1.03 bits per heavy atom. The lowest BCUT2D eigenvalue weighted by Gasteiger charge is -2.14. The molecule has 8 heteroatoms. The van der Waals surface area contributed by atoms with Crippen LogP contribution in [0.3, 0.4) is 0 Å². The molecule has 2 heterocycles. The predicted molar refractivity (Wildman–Crippen MR) is 135 cm³/mol. The molecule has 1 unspecified atom stereocenters. The van der Waals surface area contributed by atoms with E-state index in [9.17, 15) is 4.79 Å². The highest BCUT2D eigenvalue weighted by Crippen LogP contribution is 2.28. The van der Waals surface area contributed by atoms with Gasteiger partial charge in [-0.2, -0.15) is 0 Å². The minimum Gasteiger partial charge on any atom is -0.489 e. The number of aromatic nitrogens is 4. The molecule has 7 nitrogen and oxygen atoms in total. The molecule has 1 amide bonds. The number of thioether (sulfide) groups is 1. The Morgan fingerprint density at radius 3 is 2.47 bits per heavy atom. The average Bonchev–Trinajstić information content (AvgIpc) is 3.27. The molecule has 0 radical (unpaired) electrons. The minimum atomic E-state index is -0.348. The zero-order chi connectivity index (χ0) is 23.8. The van der Waals surface area contributed by atoms with Crippen molar-refractivity contribution in [2.75, 3.05) is 5.32 Å². The quantitative estimate of drug-likeness (QED) is 0.309. The first-order valence-electron chi connectivity index (χ1n) is 11.2. The van der Waals surface area contributed by atoms with Gasteiger partial charge in [-0.1, -0.05) is 49.0 Å². The van der Waals surface area contributed by atoms with Gasteiger partial charge in [0, 0.05) is 30.2 Å². The molecule has 4 rings (SSSR count). The topological polar surface area (TPSA) is 81.9 Å². The second-order valence-corrected chi connectivity index (χ2v) is 9.05. The molecule has 0 saturated heterocycles. The lowest BCUT2D eigenvalue weighted by atomic mass is 10.2. The third-order valence-corrected chi connectivity index (χ3v) is 6.20. The van der Waals surface area contributed by atoms with Crippen molar-refractivity contribution in [3.63, 3.8) is 0 Å². The average molecular weight is 474 g/mol. The summed E-state index contributed by atoms with van der Waals surface area (Å²) in [5.41, 5.74) is 2.78. The summed E-state index contributed by atoms with van der Waals surface area (Å²) in [7, 11) is 0. The van der Waals surface area contributed by atoms with Gasteiger partial charge in [0.2, 0.25) is 5.91 Å². The Morgan fingerprint density at radius 2 is 1.76 bits per heavy atom. The van der Waals surface area contributed by atoms with Crippen LogP contribution in [0.5, 0.6) is 5.75 Å². The van der Waals surface area contributed by atoms with Gasteiger partial charge in [0.1, 0.15) is 12.4 Å². The van der Waals surface area contributed by atoms with Crippen LogP contribution in [-0.2, 0) is 17.9 Å². The first kappa shape index (κ1) is 23.5. The number of carbonyl (C=O) groups is 1. The van der Waals surface area contributed by atoms with Gasteiger partial charge in [0.15, 0.2) is 11.0 Å². The van der Waals surface area contributed by atoms with Crippen LogP contribution >= 0.6 is 11.8 Å². The van der Waals surface area contributed by atoms with Gasteiger partial charge in [0.25, 0.3) is 0 Å². The standard InChI is InChI=1S/C26H27N5O2S/c1-3-17-31-24(21-13-15-27-16-14-21)29-30-26(31)34-19(2)25(32)28-22-9-11-23(12-10-22)33-18-20-7-5-4-6-8-20/h4-16,19H,3,17-18H2,1-2H3,(H,28,32). The van der Waals surface area contributed by atoms with E-state index in [0.29, 0.717) is 6.61 Å². The summed E-state index contributed by atoms with van der Waals surface area (Å²) >= 11 is 1.40. The fourth-order valence-electron chi connectivity index (χ4n) is 3.35. The van der Waals surface area contributed by atoms with E-state index in [1.54, 1.807) is 12.4 Å². The van der Waals surface area contributed by atoms with Crippen molar-refractivity contribution < 1.29 is 9.53 Å². The van der Waals surface area contributed by atoms with Crippen molar-refractivity contribution in [1.29, 1.82) is 0 Å². The van der Waals surface area contributed by atoms with Crippen molar-refractivity contribution in [3.8, 4) is 17.1 Å². The van der Waals surface area contributed by atoms with Crippen LogP contribution in [-0.4, -0.2) is 30.9 Å². The van der Waals surface area contributed by atoms with Gasteiger partial charge in [0.05, 0.1) is 5.25 Å². The van der Waals surface area contributed by atoms with Crippen molar-refractivity contribution in [3.05, 3.63) is 84.7 Å². The molecule has 34 heavy (non-hydrogen) atoms. The van der Waals surface area contributed by atoms with Crippen LogP contribution in [0, 0.1) is 0 Å². The van der Waals surface area contributed by atoms with Crippen LogP contribution in [0.25, 0.3) is 11.4 Å². The molecule has 1 N–H and O–H groups in total. The van der Waals surface area contributed by atoms with E-state index in [0.717, 1.165) is 46.5 Å². The molecule has 4 aromatic rings. The maximum Gasteiger partial charge on any atom is 0.237 e. The zero-order valence-electron chi connectivity index (χ0n) is 19.2. The van der Waals surface area contributed by atoms with Gasteiger partial charge in [-0.25, -0.2) is 0 Å². The van der Waals surface area contributed by atoms with Crippen molar-refractivity contribution in [2.24, 2.45) is 0 Å². The summed E-state index contributed by atoms with van der Waals surface area (Å²) in [5, 5.41) is 12.1. The summed E-state index contributed by atoms with van der Waals surface area (Å²) in [4.78, 5) is 16.9. The van der Waals surface area contributed by atoms with Gasteiger partial charge in [-0.3, -0.25) is 9.78 Å². The van der Waals surface area contributed by atoms with Crippen molar-refractivity contribution >= 4 is 23.4 Å². The van der Waals surface area contributed by atoms with Crippen LogP contribution < -0.4 is 10.1 Å². The molecule has 2 aromatic carbocycles. The highest BCUT2D eigenvalue weighted by molar-refractivity contribution is 8.00. The van der Waals surface area contributed by atoms with Crippen molar-refractivity contribution in [2.45, 2.75) is 43.8 Å². The Kier molecular flexibility index (Phi) is 7.93. The highest BCUT2D eigenvalue weighted by atomic mass is 32.2. The number of carbonyl (C=O) groups excluding carboxylic acids is 1. The van der Waals surface area contributed by atoms with Crippen LogP contribution in [0.1, 0.15) is 25.8 Å². The van der Waals surface area contributed by atoms with Gasteiger partial charge < -0.3 is 14.6 Å². The smallest absolute Gasteiger partial charge is 0.237 e. The number of anilines is 1. The summed E-state index contributed by atoms with van der Waals surface area (Å²) in [6.07, 6.45) is 4.41. The summed E-state index contributed by atoms with van der Waals surface area (Å²) < 4.78 is 7.87. The minimum absolute atomic E-state index is 0.0977. The number of amides is 1. The van der Waals surface area contributed by atoms with E-state index in [-0.39, 0.29) is 11.2 Å². The number of pyridine rings is 1. The van der Waals surface area contributed by atoms with Gasteiger partial charge in [-0.15, -0.1) is 10.2 Å². The van der Waals surface area contributed by atoms with Gasteiger partial charge >= 0.3 is 0 Å². The van der Waals surface area contributed by atoms with Gasteiger partial charge in [-0.05, 0) is 55.3 Å². The van der Waals surface area contributed by atoms with Crippen LogP contribution in [0.15, 0.2) is 84.3 Å². The molecule has 0 aliphatic heterocycles. The number of nitrogens with zero attached hydrogens (tertiary/aromatic N) is 4. The summed E-state index contributed by atoms with van der Waals surface area (Å²) in [6, 6.07) is 21.2. The first-order valence-corrected chi connectivity index (χ1v) is 12.1. The molecular weight excluding hydrogens is 446 g/mol. The summed E-state index contributed by atoms with van der Waals surface area (Å²) in [5.74, 6) is 1.44. The molecular formula is C26H27N5O2S. The zero-order valence-corrected chi connectivity index (χ0v) is 20.0. The molecule has 0 aliphatic rings. The fraction of sp³-hybridized carbons (Fsp3) is 0.231. The second-order valence-electron chi connectivity index (χ2n) is 7.74. The third kappa shape index (κ3) is 6.02. The Balaban J connectivity index is 1.36. The Bertz CT molecular complexity index is 1200. The van der Waals surface area contributed by atoms with E-state index < -0.39 is 0 Å². The summed E-state index contributed by atoms with van der Waals surface area (Å²) in [6.45, 7) is 5.24. The Labute approximate surface area is 203 Å². The fourth-order valence-corrected chi connectivity index (χ4v) is 4.22. The molecule has 1 atom stereocenters. The maximum absolute atomic E-state index is 12.8.